The highest BCUT2D eigenvalue weighted by molar-refractivity contribution is 7.53. The van der Waals surface area contributed by atoms with Crippen molar-refractivity contribution in [3.05, 3.63) is 5.56 Å². The summed E-state index contributed by atoms with van der Waals surface area (Å²) in [5.74, 6) is 0.239. The van der Waals surface area contributed by atoms with Crippen LogP contribution in [0.2, 0.25) is 0 Å². The summed E-state index contributed by atoms with van der Waals surface area (Å²) in [4.78, 5) is 11.7. The first kappa shape index (κ1) is 15.0. The van der Waals surface area contributed by atoms with Crippen LogP contribution in [-0.2, 0) is 18.4 Å². The number of nitrogens with two attached hydrogens (primary N) is 1. The van der Waals surface area contributed by atoms with Crippen LogP contribution in [0.5, 0.6) is 0 Å². The number of aromatic amines is 1. The molecule has 1 unspecified atom stereocenters. The maximum absolute atomic E-state index is 12.6. The van der Waals surface area contributed by atoms with Gasteiger partial charge in [-0.05, 0) is 13.8 Å². The number of nitrogens with one attached hydrogen (secondary N) is 2. The second kappa shape index (κ2) is 5.95. The van der Waals surface area contributed by atoms with E-state index in [1.54, 1.807) is 13.8 Å². The molecule has 0 saturated heterocycles. The largest absolute Gasteiger partial charge is 0.384 e. The Hall–Kier alpha value is -1.37. The van der Waals surface area contributed by atoms with E-state index >= 15 is 0 Å². The Morgan fingerprint density at radius 1 is 1.40 bits per heavy atom. The lowest BCUT2D eigenvalue weighted by Crippen LogP contribution is -2.25. The minimum absolute atomic E-state index is 0.110. The van der Waals surface area contributed by atoms with Crippen molar-refractivity contribution in [1.29, 1.82) is 0 Å². The summed E-state index contributed by atoms with van der Waals surface area (Å²) in [5, 5.41) is 9.17. The molecule has 0 aromatic carbocycles. The molecule has 2 rings (SSSR count). The van der Waals surface area contributed by atoms with Crippen molar-refractivity contribution >= 4 is 25.1 Å². The molecule has 112 valence electrons. The van der Waals surface area contributed by atoms with Gasteiger partial charge in [0.05, 0.1) is 19.4 Å². The highest BCUT2D eigenvalue weighted by atomic mass is 31.2. The molecule has 0 radical (unpaired) electrons. The Labute approximate surface area is 116 Å². The predicted molar refractivity (Wildman–Crippen MR) is 74.7 cm³/mol. The summed E-state index contributed by atoms with van der Waals surface area (Å²) >= 11 is 0. The van der Waals surface area contributed by atoms with Crippen molar-refractivity contribution in [2.24, 2.45) is 0 Å². The Balaban J connectivity index is 2.26. The number of carbonyl (C=O) groups is 1. The molecule has 1 atom stereocenters. The summed E-state index contributed by atoms with van der Waals surface area (Å²) in [6.07, 6.45) is 0.291. The van der Waals surface area contributed by atoms with E-state index in [1.165, 1.54) is 0 Å². The summed E-state index contributed by atoms with van der Waals surface area (Å²) in [7, 11) is -3.24. The molecule has 4 N–H and O–H groups in total. The SMILES string of the molecule is CCOP(=O)(CC1CC(=O)Nc2n[nH]c(N)c21)OCC. The maximum atomic E-state index is 12.6. The quantitative estimate of drug-likeness (QED) is 0.688. The van der Waals surface area contributed by atoms with Crippen LogP contribution in [0.15, 0.2) is 0 Å². The molecule has 1 aliphatic heterocycles. The number of anilines is 2. The topological polar surface area (TPSA) is 119 Å². The van der Waals surface area contributed by atoms with Gasteiger partial charge in [0, 0.05) is 17.9 Å². The molecule has 0 fully saturated rings. The number of carbonyl (C=O) groups excluding carboxylic acids is 1. The van der Waals surface area contributed by atoms with Crippen LogP contribution in [0.1, 0.15) is 31.7 Å². The second-order valence-electron chi connectivity index (χ2n) is 4.48. The van der Waals surface area contributed by atoms with Crippen LogP contribution in [0.3, 0.4) is 0 Å². The first-order valence-electron chi connectivity index (χ1n) is 6.50. The highest BCUT2D eigenvalue weighted by Crippen LogP contribution is 2.53. The van der Waals surface area contributed by atoms with Crippen LogP contribution in [-0.4, -0.2) is 35.5 Å². The number of nitrogen functional groups attached to an aromatic ring is 1. The van der Waals surface area contributed by atoms with Crippen molar-refractivity contribution in [1.82, 2.24) is 10.2 Å². The Morgan fingerprint density at radius 2 is 2.05 bits per heavy atom. The maximum Gasteiger partial charge on any atom is 0.331 e. The number of hydrogen-bond acceptors (Lipinski definition) is 6. The minimum Gasteiger partial charge on any atom is -0.384 e. The van der Waals surface area contributed by atoms with E-state index in [2.05, 4.69) is 15.5 Å². The summed E-state index contributed by atoms with van der Waals surface area (Å²) in [6.45, 7) is 4.06. The molecule has 20 heavy (non-hydrogen) atoms. The van der Waals surface area contributed by atoms with E-state index in [-0.39, 0.29) is 37.6 Å². The van der Waals surface area contributed by atoms with E-state index in [1.807, 2.05) is 0 Å². The van der Waals surface area contributed by atoms with E-state index in [0.717, 1.165) is 0 Å². The van der Waals surface area contributed by atoms with Gasteiger partial charge in [-0.25, -0.2) is 0 Å². The van der Waals surface area contributed by atoms with Crippen molar-refractivity contribution in [2.75, 3.05) is 30.4 Å². The average molecular weight is 302 g/mol. The summed E-state index contributed by atoms with van der Waals surface area (Å²) in [5.41, 5.74) is 6.49. The predicted octanol–water partition coefficient (Wildman–Crippen LogP) is 1.68. The molecule has 1 aliphatic rings. The van der Waals surface area contributed by atoms with E-state index < -0.39 is 7.60 Å². The first-order valence-corrected chi connectivity index (χ1v) is 8.23. The fourth-order valence-electron chi connectivity index (χ4n) is 2.34. The third-order valence-corrected chi connectivity index (χ3v) is 5.22. The van der Waals surface area contributed by atoms with Gasteiger partial charge in [0.1, 0.15) is 5.82 Å². The van der Waals surface area contributed by atoms with Crippen molar-refractivity contribution in [2.45, 2.75) is 26.2 Å². The number of hydrogen-bond donors (Lipinski definition) is 3. The van der Waals surface area contributed by atoms with Gasteiger partial charge in [0.25, 0.3) is 0 Å². The standard InChI is InChI=1S/C11H19N4O4P/c1-3-18-20(17,19-4-2)6-7-5-8(16)13-11-9(7)10(12)14-15-11/h7H,3-6H2,1-2H3,(H4,12,13,14,15,16). The van der Waals surface area contributed by atoms with Gasteiger partial charge >= 0.3 is 7.60 Å². The van der Waals surface area contributed by atoms with Crippen LogP contribution in [0, 0.1) is 0 Å². The lowest BCUT2D eigenvalue weighted by atomic mass is 9.95. The van der Waals surface area contributed by atoms with E-state index in [9.17, 15) is 9.36 Å². The van der Waals surface area contributed by atoms with Crippen molar-refractivity contribution in [3.63, 3.8) is 0 Å². The molecule has 1 aromatic heterocycles. The Bertz CT molecular complexity index is 535. The third kappa shape index (κ3) is 3.03. The molecule has 0 saturated carbocycles. The molecule has 2 heterocycles. The van der Waals surface area contributed by atoms with Crippen molar-refractivity contribution in [3.8, 4) is 0 Å². The van der Waals surface area contributed by atoms with Gasteiger partial charge in [-0.2, -0.15) is 5.10 Å². The van der Waals surface area contributed by atoms with Gasteiger partial charge in [-0.3, -0.25) is 14.5 Å². The van der Waals surface area contributed by atoms with Gasteiger partial charge < -0.3 is 20.1 Å². The lowest BCUT2D eigenvalue weighted by molar-refractivity contribution is -0.116. The lowest BCUT2D eigenvalue weighted by Gasteiger charge is -2.25. The number of amides is 1. The van der Waals surface area contributed by atoms with Gasteiger partial charge in [-0.15, -0.1) is 0 Å². The molecular formula is C11H19N4O4P. The highest BCUT2D eigenvalue weighted by Gasteiger charge is 2.36. The minimum atomic E-state index is -3.24. The third-order valence-electron chi connectivity index (χ3n) is 3.03. The molecule has 9 heteroatoms. The zero-order chi connectivity index (χ0) is 14.8. The Kier molecular flexibility index (Phi) is 4.47. The van der Waals surface area contributed by atoms with Crippen LogP contribution < -0.4 is 11.1 Å². The zero-order valence-corrected chi connectivity index (χ0v) is 12.4. The first-order chi connectivity index (χ1) is 9.49. The van der Waals surface area contributed by atoms with E-state index in [0.29, 0.717) is 17.2 Å². The number of nitrogens with zero attached hydrogens (tertiary/aromatic N) is 1. The molecule has 1 aromatic rings. The molecule has 0 bridgehead atoms. The number of rotatable bonds is 6. The van der Waals surface area contributed by atoms with Gasteiger partial charge in [-0.1, -0.05) is 0 Å². The zero-order valence-electron chi connectivity index (χ0n) is 11.5. The summed E-state index contributed by atoms with van der Waals surface area (Å²) < 4.78 is 23.1. The molecule has 0 spiro atoms. The molecule has 8 nitrogen and oxygen atoms in total. The number of fused-ring (bicyclic) bond motifs is 1. The van der Waals surface area contributed by atoms with Crippen LogP contribution in [0.4, 0.5) is 11.6 Å². The monoisotopic (exact) mass is 302 g/mol. The van der Waals surface area contributed by atoms with Crippen LogP contribution >= 0.6 is 7.60 Å². The molecule has 1 amide bonds. The fraction of sp³-hybridized carbons (Fsp3) is 0.636. The Morgan fingerprint density at radius 3 is 2.65 bits per heavy atom. The average Bonchev–Trinajstić information content (AvgIpc) is 2.71. The van der Waals surface area contributed by atoms with Crippen molar-refractivity contribution < 1.29 is 18.4 Å². The summed E-state index contributed by atoms with van der Waals surface area (Å²) in [6, 6.07) is 0. The fourth-order valence-corrected chi connectivity index (χ4v) is 4.27. The molecule has 0 aliphatic carbocycles. The van der Waals surface area contributed by atoms with Gasteiger partial charge in [0.2, 0.25) is 5.91 Å². The normalized spacial score (nSPS) is 18.7. The number of aromatic nitrogens is 2. The second-order valence-corrected chi connectivity index (χ2v) is 6.58. The molecular weight excluding hydrogens is 283 g/mol. The number of H-pyrrole nitrogens is 1. The smallest absolute Gasteiger partial charge is 0.331 e. The van der Waals surface area contributed by atoms with E-state index in [4.69, 9.17) is 14.8 Å². The van der Waals surface area contributed by atoms with Crippen LogP contribution in [0.25, 0.3) is 0 Å². The van der Waals surface area contributed by atoms with Gasteiger partial charge in [0.15, 0.2) is 5.82 Å².